The SMILES string of the molecule is CNCCCC(=O)NC1CCCN(c2ccc(F)cc2C)C1. The van der Waals surface area contributed by atoms with Gasteiger partial charge in [-0.3, -0.25) is 4.79 Å². The summed E-state index contributed by atoms with van der Waals surface area (Å²) in [5.41, 5.74) is 2.01. The van der Waals surface area contributed by atoms with E-state index in [1.165, 1.54) is 6.07 Å². The fourth-order valence-corrected chi connectivity index (χ4v) is 3.01. The van der Waals surface area contributed by atoms with E-state index in [2.05, 4.69) is 15.5 Å². The van der Waals surface area contributed by atoms with Gasteiger partial charge in [0.1, 0.15) is 5.82 Å². The van der Waals surface area contributed by atoms with Crippen molar-refractivity contribution in [2.24, 2.45) is 0 Å². The van der Waals surface area contributed by atoms with Gasteiger partial charge in [0, 0.05) is 31.2 Å². The zero-order valence-corrected chi connectivity index (χ0v) is 13.5. The number of halogens is 1. The Morgan fingerprint density at radius 3 is 3.00 bits per heavy atom. The van der Waals surface area contributed by atoms with E-state index in [0.717, 1.165) is 50.1 Å². The number of aryl methyl sites for hydroxylation is 1. The van der Waals surface area contributed by atoms with Crippen molar-refractivity contribution < 1.29 is 9.18 Å². The zero-order chi connectivity index (χ0) is 15.9. The summed E-state index contributed by atoms with van der Waals surface area (Å²) >= 11 is 0. The molecule has 1 saturated heterocycles. The highest BCUT2D eigenvalue weighted by atomic mass is 19.1. The number of piperidine rings is 1. The lowest BCUT2D eigenvalue weighted by molar-refractivity contribution is -0.121. The second kappa shape index (κ2) is 8.13. The van der Waals surface area contributed by atoms with Gasteiger partial charge < -0.3 is 15.5 Å². The highest BCUT2D eigenvalue weighted by Gasteiger charge is 2.22. The van der Waals surface area contributed by atoms with Crippen molar-refractivity contribution >= 4 is 11.6 Å². The molecular formula is C17H26FN3O. The van der Waals surface area contributed by atoms with Gasteiger partial charge in [-0.25, -0.2) is 4.39 Å². The van der Waals surface area contributed by atoms with Crippen molar-refractivity contribution in [3.8, 4) is 0 Å². The predicted octanol–water partition coefficient (Wildman–Crippen LogP) is 2.22. The van der Waals surface area contributed by atoms with Crippen LogP contribution >= 0.6 is 0 Å². The van der Waals surface area contributed by atoms with Crippen LogP contribution in [0.25, 0.3) is 0 Å². The second-order valence-corrected chi connectivity index (χ2v) is 5.99. The average Bonchev–Trinajstić information content (AvgIpc) is 2.47. The van der Waals surface area contributed by atoms with E-state index in [-0.39, 0.29) is 17.8 Å². The van der Waals surface area contributed by atoms with Crippen LogP contribution in [0.1, 0.15) is 31.2 Å². The lowest BCUT2D eigenvalue weighted by atomic mass is 10.0. The lowest BCUT2D eigenvalue weighted by Crippen LogP contribution is -2.48. The van der Waals surface area contributed by atoms with Crippen LogP contribution in [0.3, 0.4) is 0 Å². The van der Waals surface area contributed by atoms with Crippen molar-refractivity contribution in [1.29, 1.82) is 0 Å². The van der Waals surface area contributed by atoms with Crippen molar-refractivity contribution in [3.05, 3.63) is 29.6 Å². The summed E-state index contributed by atoms with van der Waals surface area (Å²) in [6.45, 7) is 4.54. The molecule has 0 aromatic heterocycles. The van der Waals surface area contributed by atoms with Crippen LogP contribution < -0.4 is 15.5 Å². The standard InChI is InChI=1S/C17H26FN3O/c1-13-11-14(18)7-8-16(13)21-10-4-5-15(12-21)20-17(22)6-3-9-19-2/h7-8,11,15,19H,3-6,9-10,12H2,1-2H3,(H,20,22). The Labute approximate surface area is 132 Å². The number of benzene rings is 1. The molecule has 1 aromatic carbocycles. The van der Waals surface area contributed by atoms with Crippen molar-refractivity contribution in [3.63, 3.8) is 0 Å². The molecule has 2 N–H and O–H groups in total. The topological polar surface area (TPSA) is 44.4 Å². The molecule has 1 aliphatic heterocycles. The molecule has 1 atom stereocenters. The Balaban J connectivity index is 1.90. The summed E-state index contributed by atoms with van der Waals surface area (Å²) in [6.07, 6.45) is 3.47. The molecular weight excluding hydrogens is 281 g/mol. The number of amides is 1. The monoisotopic (exact) mass is 307 g/mol. The van der Waals surface area contributed by atoms with Gasteiger partial charge in [-0.05, 0) is 63.5 Å². The summed E-state index contributed by atoms with van der Waals surface area (Å²) in [7, 11) is 1.89. The largest absolute Gasteiger partial charge is 0.369 e. The summed E-state index contributed by atoms with van der Waals surface area (Å²) in [5, 5.41) is 6.17. The fourth-order valence-electron chi connectivity index (χ4n) is 3.01. The highest BCUT2D eigenvalue weighted by molar-refractivity contribution is 5.76. The van der Waals surface area contributed by atoms with Gasteiger partial charge in [0.25, 0.3) is 0 Å². The number of carbonyl (C=O) groups excluding carboxylic acids is 1. The molecule has 122 valence electrons. The maximum absolute atomic E-state index is 13.2. The number of anilines is 1. The van der Waals surface area contributed by atoms with E-state index >= 15 is 0 Å². The van der Waals surface area contributed by atoms with Crippen LogP contribution in [-0.2, 0) is 4.79 Å². The molecule has 1 heterocycles. The minimum atomic E-state index is -0.201. The van der Waals surface area contributed by atoms with Crippen LogP contribution in [-0.4, -0.2) is 38.6 Å². The third-order valence-corrected chi connectivity index (χ3v) is 4.12. The molecule has 2 rings (SSSR count). The number of nitrogens with zero attached hydrogens (tertiary/aromatic N) is 1. The molecule has 22 heavy (non-hydrogen) atoms. The molecule has 4 nitrogen and oxygen atoms in total. The molecule has 0 bridgehead atoms. The number of nitrogens with one attached hydrogen (secondary N) is 2. The summed E-state index contributed by atoms with van der Waals surface area (Å²) in [6, 6.07) is 5.08. The van der Waals surface area contributed by atoms with E-state index in [1.807, 2.05) is 20.0 Å². The maximum atomic E-state index is 13.2. The molecule has 1 unspecified atom stereocenters. The van der Waals surface area contributed by atoms with E-state index in [1.54, 1.807) is 6.07 Å². The zero-order valence-electron chi connectivity index (χ0n) is 13.5. The predicted molar refractivity (Wildman–Crippen MR) is 87.7 cm³/mol. The minimum Gasteiger partial charge on any atom is -0.369 e. The first-order valence-corrected chi connectivity index (χ1v) is 8.05. The van der Waals surface area contributed by atoms with Gasteiger partial charge in [0.05, 0.1) is 0 Å². The highest BCUT2D eigenvalue weighted by Crippen LogP contribution is 2.24. The third kappa shape index (κ3) is 4.70. The molecule has 0 spiro atoms. The number of hydrogen-bond acceptors (Lipinski definition) is 3. The van der Waals surface area contributed by atoms with Crippen LogP contribution in [0.5, 0.6) is 0 Å². The van der Waals surface area contributed by atoms with Gasteiger partial charge >= 0.3 is 0 Å². The minimum absolute atomic E-state index is 0.123. The molecule has 5 heteroatoms. The second-order valence-electron chi connectivity index (χ2n) is 5.99. The Morgan fingerprint density at radius 1 is 1.45 bits per heavy atom. The maximum Gasteiger partial charge on any atom is 0.220 e. The lowest BCUT2D eigenvalue weighted by Gasteiger charge is -2.35. The van der Waals surface area contributed by atoms with Crippen LogP contribution in [0.15, 0.2) is 18.2 Å². The Kier molecular flexibility index (Phi) is 6.19. The number of hydrogen-bond donors (Lipinski definition) is 2. The smallest absolute Gasteiger partial charge is 0.220 e. The van der Waals surface area contributed by atoms with E-state index < -0.39 is 0 Å². The normalized spacial score (nSPS) is 18.3. The molecule has 0 radical (unpaired) electrons. The molecule has 1 aliphatic rings. The number of carbonyl (C=O) groups is 1. The summed E-state index contributed by atoms with van der Waals surface area (Å²) < 4.78 is 13.2. The van der Waals surface area contributed by atoms with E-state index in [9.17, 15) is 9.18 Å². The van der Waals surface area contributed by atoms with E-state index in [0.29, 0.717) is 6.42 Å². The van der Waals surface area contributed by atoms with Gasteiger partial charge in [0.2, 0.25) is 5.91 Å². The third-order valence-electron chi connectivity index (χ3n) is 4.12. The van der Waals surface area contributed by atoms with Crippen molar-refractivity contribution in [1.82, 2.24) is 10.6 Å². The molecule has 1 aromatic rings. The fraction of sp³-hybridized carbons (Fsp3) is 0.588. The average molecular weight is 307 g/mol. The molecule has 1 amide bonds. The molecule has 1 fully saturated rings. The van der Waals surface area contributed by atoms with Gasteiger partial charge in [-0.15, -0.1) is 0 Å². The van der Waals surface area contributed by atoms with Crippen molar-refractivity contribution in [2.45, 2.75) is 38.6 Å². The van der Waals surface area contributed by atoms with E-state index in [4.69, 9.17) is 0 Å². The van der Waals surface area contributed by atoms with Gasteiger partial charge in [0.15, 0.2) is 0 Å². The van der Waals surface area contributed by atoms with Crippen LogP contribution in [0, 0.1) is 12.7 Å². The van der Waals surface area contributed by atoms with Gasteiger partial charge in [-0.2, -0.15) is 0 Å². The first-order valence-electron chi connectivity index (χ1n) is 8.05. The Bertz CT molecular complexity index is 507. The first kappa shape index (κ1) is 16.7. The van der Waals surface area contributed by atoms with Crippen molar-refractivity contribution in [2.75, 3.05) is 31.6 Å². The van der Waals surface area contributed by atoms with Gasteiger partial charge in [-0.1, -0.05) is 0 Å². The van der Waals surface area contributed by atoms with Crippen LogP contribution in [0.4, 0.5) is 10.1 Å². The Morgan fingerprint density at radius 2 is 2.27 bits per heavy atom. The Hall–Kier alpha value is -1.62. The van der Waals surface area contributed by atoms with Crippen LogP contribution in [0.2, 0.25) is 0 Å². The number of rotatable bonds is 6. The quantitative estimate of drug-likeness (QED) is 0.792. The first-order chi connectivity index (χ1) is 10.6. The summed E-state index contributed by atoms with van der Waals surface area (Å²) in [5.74, 6) is -0.0782. The summed E-state index contributed by atoms with van der Waals surface area (Å²) in [4.78, 5) is 14.2. The molecule has 0 saturated carbocycles. The molecule has 0 aliphatic carbocycles.